The third kappa shape index (κ3) is 5.98. The van der Waals surface area contributed by atoms with Gasteiger partial charge >= 0.3 is 18.2 Å². The van der Waals surface area contributed by atoms with Gasteiger partial charge in [0.1, 0.15) is 0 Å². The van der Waals surface area contributed by atoms with Crippen molar-refractivity contribution in [1.82, 2.24) is 19.6 Å². The number of piperidine rings is 1. The minimum atomic E-state index is -4.39. The Labute approximate surface area is 221 Å². The highest BCUT2D eigenvalue weighted by atomic mass is 19.4. The second-order valence-electron chi connectivity index (χ2n) is 10.2. The third-order valence-electron chi connectivity index (χ3n) is 7.88. The van der Waals surface area contributed by atoms with Crippen molar-refractivity contribution in [2.75, 3.05) is 44.2 Å². The number of carbonyl (C=O) groups is 2. The smallest absolute Gasteiger partial charge is 0.416 e. The van der Waals surface area contributed by atoms with Gasteiger partial charge in [-0.2, -0.15) is 23.0 Å². The number of anilines is 1. The molecule has 1 spiro atoms. The molecule has 0 atom stereocenters. The molecule has 0 bridgehead atoms. The van der Waals surface area contributed by atoms with E-state index in [1.807, 2.05) is 13.8 Å². The quantitative estimate of drug-likeness (QED) is 0.581. The number of likely N-dealkylation sites (tertiary alicyclic amines) is 2. The number of rotatable bonds is 4. The van der Waals surface area contributed by atoms with Gasteiger partial charge < -0.3 is 14.9 Å². The number of aromatic nitrogens is 2. The van der Waals surface area contributed by atoms with Crippen LogP contribution in [0.2, 0.25) is 0 Å². The summed E-state index contributed by atoms with van der Waals surface area (Å²) in [6.07, 6.45) is 1.46. The summed E-state index contributed by atoms with van der Waals surface area (Å²) >= 11 is 0. The first-order chi connectivity index (χ1) is 18.1. The maximum Gasteiger partial charge on any atom is 0.416 e. The summed E-state index contributed by atoms with van der Waals surface area (Å²) in [4.78, 5) is 29.7. The van der Waals surface area contributed by atoms with Crippen molar-refractivity contribution in [3.63, 3.8) is 0 Å². The van der Waals surface area contributed by atoms with Gasteiger partial charge in [-0.25, -0.2) is 9.59 Å². The molecule has 1 amide bonds. The number of benzene rings is 1. The molecular formula is C27H36F3N5O3. The highest BCUT2D eigenvalue weighted by Gasteiger charge is 2.42. The first-order valence-corrected chi connectivity index (χ1v) is 13.4. The van der Waals surface area contributed by atoms with Crippen molar-refractivity contribution >= 4 is 17.7 Å². The topological polar surface area (TPSA) is 81.9 Å². The van der Waals surface area contributed by atoms with E-state index in [1.165, 1.54) is 18.3 Å². The van der Waals surface area contributed by atoms with E-state index in [0.29, 0.717) is 25.2 Å². The summed E-state index contributed by atoms with van der Waals surface area (Å²) in [6.45, 7) is 8.45. The molecule has 0 saturated carbocycles. The van der Waals surface area contributed by atoms with E-state index in [-0.39, 0.29) is 23.7 Å². The van der Waals surface area contributed by atoms with Gasteiger partial charge in [0, 0.05) is 51.2 Å². The van der Waals surface area contributed by atoms with E-state index in [4.69, 9.17) is 5.11 Å². The van der Waals surface area contributed by atoms with Gasteiger partial charge in [-0.05, 0) is 73.9 Å². The molecule has 1 aromatic heterocycles. The standard InChI is InChI=1S/C25H30F3N5O3.C2H6/c26-25(27,28)20-4-3-19(31-9-1-2-10-31)15-18(20)16-30-12-6-24(17-30)7-13-32(14-8-24)23(36)33-11-5-21(29-33)22(34)35;1-2/h3-5,11,15H,1-2,6-10,12-14,16-17H2,(H,34,35);1-2H3. The number of carboxylic acids is 1. The average molecular weight is 536 g/mol. The lowest BCUT2D eigenvalue weighted by Crippen LogP contribution is -2.45. The van der Waals surface area contributed by atoms with Crippen LogP contribution >= 0.6 is 0 Å². The van der Waals surface area contributed by atoms with E-state index in [9.17, 15) is 22.8 Å². The molecule has 208 valence electrons. The first-order valence-electron chi connectivity index (χ1n) is 13.4. The van der Waals surface area contributed by atoms with E-state index < -0.39 is 17.7 Å². The fourth-order valence-electron chi connectivity index (χ4n) is 5.83. The zero-order valence-corrected chi connectivity index (χ0v) is 22.0. The van der Waals surface area contributed by atoms with Crippen LogP contribution in [-0.4, -0.2) is 76.0 Å². The van der Waals surface area contributed by atoms with Crippen LogP contribution in [0.4, 0.5) is 23.7 Å². The minimum absolute atomic E-state index is 0.0297. The van der Waals surface area contributed by atoms with Crippen LogP contribution in [0.3, 0.4) is 0 Å². The van der Waals surface area contributed by atoms with E-state index in [1.54, 1.807) is 17.0 Å². The molecule has 3 aliphatic heterocycles. The summed E-state index contributed by atoms with van der Waals surface area (Å²) in [6, 6.07) is 5.46. The van der Waals surface area contributed by atoms with Crippen molar-refractivity contribution in [2.45, 2.75) is 58.7 Å². The monoisotopic (exact) mass is 535 g/mol. The summed E-state index contributed by atoms with van der Waals surface area (Å²) < 4.78 is 42.4. The van der Waals surface area contributed by atoms with Crippen molar-refractivity contribution in [3.05, 3.63) is 47.3 Å². The fourth-order valence-corrected chi connectivity index (χ4v) is 5.83. The lowest BCUT2D eigenvalue weighted by Gasteiger charge is -2.39. The Morgan fingerprint density at radius 3 is 2.26 bits per heavy atom. The van der Waals surface area contributed by atoms with Crippen LogP contribution in [0.5, 0.6) is 0 Å². The number of alkyl halides is 3. The van der Waals surface area contributed by atoms with Gasteiger partial charge in [-0.1, -0.05) is 13.8 Å². The van der Waals surface area contributed by atoms with E-state index in [2.05, 4.69) is 14.9 Å². The molecule has 8 nitrogen and oxygen atoms in total. The molecule has 0 radical (unpaired) electrons. The van der Waals surface area contributed by atoms with Crippen LogP contribution in [0.15, 0.2) is 30.5 Å². The maximum atomic E-state index is 13.8. The minimum Gasteiger partial charge on any atom is -0.476 e. The predicted octanol–water partition coefficient (Wildman–Crippen LogP) is 5.18. The molecule has 11 heteroatoms. The van der Waals surface area contributed by atoms with Gasteiger partial charge in [0.25, 0.3) is 0 Å². The molecule has 5 rings (SSSR count). The van der Waals surface area contributed by atoms with Crippen molar-refractivity contribution in [3.8, 4) is 0 Å². The Kier molecular flexibility index (Phi) is 8.34. The average Bonchev–Trinajstić information content (AvgIpc) is 3.67. The zero-order valence-electron chi connectivity index (χ0n) is 22.0. The van der Waals surface area contributed by atoms with Gasteiger partial charge in [-0.15, -0.1) is 0 Å². The number of hydrogen-bond acceptors (Lipinski definition) is 5. The van der Waals surface area contributed by atoms with Crippen molar-refractivity contribution in [1.29, 1.82) is 0 Å². The van der Waals surface area contributed by atoms with Gasteiger partial charge in [0.15, 0.2) is 5.69 Å². The van der Waals surface area contributed by atoms with Crippen LogP contribution in [0.25, 0.3) is 0 Å². The number of carbonyl (C=O) groups excluding carboxylic acids is 1. The molecule has 3 saturated heterocycles. The molecule has 0 unspecified atom stereocenters. The molecular weight excluding hydrogens is 499 g/mol. The van der Waals surface area contributed by atoms with Crippen LogP contribution in [0, 0.1) is 5.41 Å². The number of amides is 1. The largest absolute Gasteiger partial charge is 0.476 e. The predicted molar refractivity (Wildman–Crippen MR) is 137 cm³/mol. The summed E-state index contributed by atoms with van der Waals surface area (Å²) in [5.74, 6) is -1.19. The van der Waals surface area contributed by atoms with Gasteiger partial charge in [-0.3, -0.25) is 4.90 Å². The van der Waals surface area contributed by atoms with Crippen molar-refractivity contribution < 1.29 is 27.9 Å². The number of halogens is 3. The fraction of sp³-hybridized carbons (Fsp3) is 0.593. The summed E-state index contributed by atoms with van der Waals surface area (Å²) in [5, 5.41) is 12.8. The Bertz CT molecular complexity index is 1140. The Balaban J connectivity index is 0.00000164. The molecule has 1 aromatic carbocycles. The maximum absolute atomic E-state index is 13.8. The highest BCUT2D eigenvalue weighted by molar-refractivity contribution is 5.86. The molecule has 2 aromatic rings. The third-order valence-corrected chi connectivity index (χ3v) is 7.88. The summed E-state index contributed by atoms with van der Waals surface area (Å²) in [5.41, 5.74) is 0.408. The van der Waals surface area contributed by atoms with E-state index >= 15 is 0 Å². The van der Waals surface area contributed by atoms with Crippen LogP contribution in [0.1, 0.15) is 67.6 Å². The molecule has 3 aliphatic rings. The molecule has 4 heterocycles. The normalized spacial score (nSPS) is 19.5. The van der Waals surface area contributed by atoms with E-state index in [0.717, 1.165) is 62.1 Å². The number of aromatic carboxylic acids is 1. The Morgan fingerprint density at radius 2 is 1.66 bits per heavy atom. The summed E-state index contributed by atoms with van der Waals surface area (Å²) in [7, 11) is 0. The Morgan fingerprint density at radius 1 is 1.00 bits per heavy atom. The lowest BCUT2D eigenvalue weighted by atomic mass is 9.78. The lowest BCUT2D eigenvalue weighted by molar-refractivity contribution is -0.138. The first kappa shape index (κ1) is 27.9. The SMILES string of the molecule is CC.O=C(O)c1ccn(C(=O)N2CCC3(CCN(Cc4cc(N5CCCC5)ccc4C(F)(F)F)C3)CC2)n1. The van der Waals surface area contributed by atoms with Crippen LogP contribution in [-0.2, 0) is 12.7 Å². The molecule has 3 fully saturated rings. The molecule has 1 N–H and O–H groups in total. The number of hydrogen-bond donors (Lipinski definition) is 1. The molecule has 0 aliphatic carbocycles. The highest BCUT2D eigenvalue weighted by Crippen LogP contribution is 2.42. The number of nitrogens with zero attached hydrogens (tertiary/aromatic N) is 5. The number of carboxylic acid groups (broad SMARTS) is 1. The van der Waals surface area contributed by atoms with Crippen molar-refractivity contribution in [2.24, 2.45) is 5.41 Å². The second-order valence-corrected chi connectivity index (χ2v) is 10.2. The van der Waals surface area contributed by atoms with Crippen LogP contribution < -0.4 is 4.90 Å². The van der Waals surface area contributed by atoms with Gasteiger partial charge in [0.2, 0.25) is 0 Å². The van der Waals surface area contributed by atoms with Gasteiger partial charge in [0.05, 0.1) is 5.56 Å². The Hall–Kier alpha value is -3.08. The second kappa shape index (κ2) is 11.3. The zero-order chi connectivity index (χ0) is 27.5. The molecule has 38 heavy (non-hydrogen) atoms.